The number of aromatic nitrogens is 2. The van der Waals surface area contributed by atoms with Gasteiger partial charge in [0.15, 0.2) is 5.82 Å². The van der Waals surface area contributed by atoms with Crippen LogP contribution in [0.25, 0.3) is 10.2 Å². The van der Waals surface area contributed by atoms with E-state index in [-0.39, 0.29) is 5.25 Å². The van der Waals surface area contributed by atoms with Crippen LogP contribution in [0.4, 0.5) is 11.8 Å². The molecule has 2 aromatic carbocycles. The Morgan fingerprint density at radius 2 is 1.55 bits per heavy atom. The van der Waals surface area contributed by atoms with Gasteiger partial charge in [-0.25, -0.2) is 16.7 Å². The molecule has 0 aliphatic carbocycles. The minimum Gasteiger partial charge on any atom is -0.308 e. The fraction of sp³-hybridized carbons (Fsp3) is 0.143. The van der Waals surface area contributed by atoms with E-state index >= 15 is 0 Å². The van der Waals surface area contributed by atoms with Crippen molar-refractivity contribution in [3.05, 3.63) is 82.2 Å². The van der Waals surface area contributed by atoms with E-state index in [2.05, 4.69) is 81.5 Å². The predicted molar refractivity (Wildman–Crippen MR) is 122 cm³/mol. The molecule has 29 heavy (non-hydrogen) atoms. The fourth-order valence-corrected chi connectivity index (χ4v) is 6.85. The molecule has 2 aromatic heterocycles. The van der Waals surface area contributed by atoms with Crippen LogP contribution in [0.5, 0.6) is 0 Å². The molecule has 1 aliphatic rings. The highest BCUT2D eigenvalue weighted by atomic mass is 32.2. The van der Waals surface area contributed by atoms with Crippen molar-refractivity contribution in [1.29, 1.82) is 0 Å². The molecule has 1 aliphatic heterocycles. The maximum Gasteiger partial charge on any atom is 0.240 e. The zero-order valence-corrected chi connectivity index (χ0v) is 17.1. The van der Waals surface area contributed by atoms with Gasteiger partial charge in [0.05, 0.1) is 10.6 Å². The van der Waals surface area contributed by atoms with Gasteiger partial charge < -0.3 is 5.43 Å². The first-order valence-corrected chi connectivity index (χ1v) is 11.1. The molecule has 0 fully saturated rings. The minimum atomic E-state index is 0.226. The van der Waals surface area contributed by atoms with E-state index in [0.717, 1.165) is 16.6 Å². The van der Waals surface area contributed by atoms with E-state index in [4.69, 9.17) is 11.7 Å². The van der Waals surface area contributed by atoms with Crippen LogP contribution in [0.1, 0.15) is 32.1 Å². The summed E-state index contributed by atoms with van der Waals surface area (Å²) in [5.41, 5.74) is 9.16. The Labute approximate surface area is 176 Å². The van der Waals surface area contributed by atoms with Gasteiger partial charge in [-0.1, -0.05) is 60.7 Å². The van der Waals surface area contributed by atoms with Crippen LogP contribution >= 0.6 is 23.1 Å². The molecule has 0 bridgehead atoms. The summed E-state index contributed by atoms with van der Waals surface area (Å²) in [6, 6.07) is 21.3. The molecule has 2 atom stereocenters. The Morgan fingerprint density at radius 1 is 0.862 bits per heavy atom. The molecule has 3 heterocycles. The lowest BCUT2D eigenvalue weighted by atomic mass is 9.98. The first-order valence-electron chi connectivity index (χ1n) is 9.30. The largest absolute Gasteiger partial charge is 0.308 e. The lowest BCUT2D eigenvalue weighted by Crippen LogP contribution is -2.16. The number of rotatable bonds is 4. The topological polar surface area (TPSA) is 102 Å². The number of hydrazine groups is 2. The van der Waals surface area contributed by atoms with Gasteiger partial charge in [-0.15, -0.1) is 23.1 Å². The van der Waals surface area contributed by atoms with E-state index in [1.807, 2.05) is 11.8 Å². The highest BCUT2D eigenvalue weighted by molar-refractivity contribution is 8.00. The molecule has 146 valence electrons. The Morgan fingerprint density at radius 3 is 2.21 bits per heavy atom. The second-order valence-electron chi connectivity index (χ2n) is 6.84. The Kier molecular flexibility index (Phi) is 4.84. The van der Waals surface area contributed by atoms with E-state index in [1.165, 1.54) is 21.6 Å². The van der Waals surface area contributed by atoms with Gasteiger partial charge in [0, 0.05) is 10.1 Å². The van der Waals surface area contributed by atoms with Crippen LogP contribution < -0.4 is 22.5 Å². The SMILES string of the molecule is NNc1nc(NN)c2c3c(sc2n1)[C@@H](c1ccccc1)S[C@H](c1ccccc1)C3. The summed E-state index contributed by atoms with van der Waals surface area (Å²) >= 11 is 3.69. The van der Waals surface area contributed by atoms with Gasteiger partial charge in [0.2, 0.25) is 5.95 Å². The zero-order chi connectivity index (χ0) is 19.8. The maximum atomic E-state index is 5.81. The molecule has 6 nitrogen and oxygen atoms in total. The van der Waals surface area contributed by atoms with Crippen LogP contribution in [-0.2, 0) is 6.42 Å². The summed E-state index contributed by atoms with van der Waals surface area (Å²) in [4.78, 5) is 11.2. The number of nitrogens with zero attached hydrogens (tertiary/aromatic N) is 2. The molecule has 4 aromatic rings. The van der Waals surface area contributed by atoms with Crippen LogP contribution in [0.15, 0.2) is 60.7 Å². The van der Waals surface area contributed by atoms with Crippen molar-refractivity contribution in [2.45, 2.75) is 16.9 Å². The van der Waals surface area contributed by atoms with Gasteiger partial charge >= 0.3 is 0 Å². The number of benzene rings is 2. The molecular formula is C21H20N6S2. The lowest BCUT2D eigenvalue weighted by molar-refractivity contribution is 0.894. The normalized spacial score (nSPS) is 18.4. The number of fused-ring (bicyclic) bond motifs is 3. The van der Waals surface area contributed by atoms with Crippen molar-refractivity contribution >= 4 is 45.1 Å². The monoisotopic (exact) mass is 420 g/mol. The number of hydrogen-bond donors (Lipinski definition) is 4. The molecular weight excluding hydrogens is 400 g/mol. The second-order valence-corrected chi connectivity index (χ2v) is 9.18. The van der Waals surface area contributed by atoms with Gasteiger partial charge in [0.1, 0.15) is 4.83 Å². The Bertz CT molecular complexity index is 1150. The third-order valence-electron chi connectivity index (χ3n) is 5.15. The molecule has 0 radical (unpaired) electrons. The van der Waals surface area contributed by atoms with Gasteiger partial charge in [-0.2, -0.15) is 4.98 Å². The van der Waals surface area contributed by atoms with Gasteiger partial charge in [-0.3, -0.25) is 5.43 Å². The highest BCUT2D eigenvalue weighted by Crippen LogP contribution is 2.55. The van der Waals surface area contributed by atoms with Crippen molar-refractivity contribution in [2.24, 2.45) is 11.7 Å². The fourth-order valence-electron chi connectivity index (χ4n) is 3.84. The van der Waals surface area contributed by atoms with E-state index < -0.39 is 0 Å². The van der Waals surface area contributed by atoms with Crippen molar-refractivity contribution < 1.29 is 0 Å². The Hall–Kier alpha value is -2.65. The lowest BCUT2D eigenvalue weighted by Gasteiger charge is -2.30. The third-order valence-corrected chi connectivity index (χ3v) is 8.04. The van der Waals surface area contributed by atoms with Gasteiger partial charge in [-0.05, 0) is 23.1 Å². The van der Waals surface area contributed by atoms with Crippen LogP contribution in [0, 0.1) is 0 Å². The Balaban J connectivity index is 1.72. The number of thiophene rings is 1. The van der Waals surface area contributed by atoms with E-state index in [0.29, 0.717) is 17.0 Å². The number of thioether (sulfide) groups is 1. The minimum absolute atomic E-state index is 0.226. The maximum absolute atomic E-state index is 5.81. The smallest absolute Gasteiger partial charge is 0.240 e. The number of nitrogens with one attached hydrogen (secondary N) is 2. The number of anilines is 2. The first-order chi connectivity index (χ1) is 14.3. The molecule has 0 amide bonds. The average Bonchev–Trinajstić information content (AvgIpc) is 3.17. The zero-order valence-electron chi connectivity index (χ0n) is 15.5. The van der Waals surface area contributed by atoms with Crippen molar-refractivity contribution in [3.8, 4) is 0 Å². The number of nitrogens with two attached hydrogens (primary N) is 2. The van der Waals surface area contributed by atoms with E-state index in [9.17, 15) is 0 Å². The standard InChI is InChI=1S/C21H20N6S2/c22-26-19-16-14-11-15(12-7-3-1-4-8-12)28-17(13-9-5-2-6-10-13)18(14)29-20(16)25-21(24-19)27-23/h1-10,15,17H,11,22-23H2,(H2,24,25,26,27)/t15-,17+/m0/s1. The highest BCUT2D eigenvalue weighted by Gasteiger charge is 2.34. The van der Waals surface area contributed by atoms with E-state index in [1.54, 1.807) is 11.3 Å². The second kappa shape index (κ2) is 7.64. The molecule has 0 saturated heterocycles. The van der Waals surface area contributed by atoms with Crippen molar-refractivity contribution in [3.63, 3.8) is 0 Å². The summed E-state index contributed by atoms with van der Waals surface area (Å²) < 4.78 is 0. The van der Waals surface area contributed by atoms with Crippen LogP contribution in [-0.4, -0.2) is 9.97 Å². The summed E-state index contributed by atoms with van der Waals surface area (Å²) in [5.74, 6) is 12.3. The summed E-state index contributed by atoms with van der Waals surface area (Å²) in [7, 11) is 0. The molecule has 0 spiro atoms. The van der Waals surface area contributed by atoms with Crippen molar-refractivity contribution in [1.82, 2.24) is 9.97 Å². The molecule has 5 rings (SSSR count). The summed E-state index contributed by atoms with van der Waals surface area (Å²) in [6.07, 6.45) is 0.904. The molecule has 0 saturated carbocycles. The predicted octanol–water partition coefficient (Wildman–Crippen LogP) is 4.38. The number of nitrogen functional groups attached to an aromatic ring is 2. The van der Waals surface area contributed by atoms with Gasteiger partial charge in [0.25, 0.3) is 0 Å². The number of hydrogen-bond acceptors (Lipinski definition) is 8. The molecule has 0 unspecified atom stereocenters. The quantitative estimate of drug-likeness (QED) is 0.287. The first kappa shape index (κ1) is 18.4. The third kappa shape index (κ3) is 3.24. The average molecular weight is 421 g/mol. The van der Waals surface area contributed by atoms with Crippen LogP contribution in [0.2, 0.25) is 0 Å². The summed E-state index contributed by atoms with van der Waals surface area (Å²) in [6.45, 7) is 0. The molecule has 6 N–H and O–H groups in total. The van der Waals surface area contributed by atoms with Crippen molar-refractivity contribution in [2.75, 3.05) is 10.9 Å². The molecule has 8 heteroatoms. The summed E-state index contributed by atoms with van der Waals surface area (Å²) in [5, 5.41) is 1.56. The van der Waals surface area contributed by atoms with Crippen LogP contribution in [0.3, 0.4) is 0 Å².